The molecule has 0 saturated heterocycles. The highest BCUT2D eigenvalue weighted by molar-refractivity contribution is 6.29. The van der Waals surface area contributed by atoms with Crippen LogP contribution in [0.15, 0.2) is 199 Å². The molecule has 248 valence electrons. The number of benzene rings is 8. The number of anilines is 3. The number of pyridine rings is 1. The van der Waals surface area contributed by atoms with E-state index in [4.69, 9.17) is 9.40 Å². The highest BCUT2D eigenvalue weighted by atomic mass is 16.3. The maximum atomic E-state index is 7.03. The quantitative estimate of drug-likeness (QED) is 0.174. The fourth-order valence-corrected chi connectivity index (χ4v) is 8.98. The molecule has 3 heterocycles. The van der Waals surface area contributed by atoms with E-state index in [0.29, 0.717) is 0 Å². The Bertz CT molecular complexity index is 2910. The number of rotatable bonds is 4. The minimum absolute atomic E-state index is 0.538. The van der Waals surface area contributed by atoms with Crippen LogP contribution >= 0.6 is 0 Å². The molecule has 0 bridgehead atoms. The molecule has 1 aliphatic heterocycles. The predicted octanol–water partition coefficient (Wildman–Crippen LogP) is 13.1. The van der Waals surface area contributed by atoms with Gasteiger partial charge in [-0.2, -0.15) is 0 Å². The average Bonchev–Trinajstić information content (AvgIpc) is 3.63. The van der Waals surface area contributed by atoms with Gasteiger partial charge >= 0.3 is 0 Å². The summed E-state index contributed by atoms with van der Waals surface area (Å²) in [6.45, 7) is 0. The van der Waals surface area contributed by atoms with Gasteiger partial charge in [-0.05, 0) is 58.7 Å². The summed E-state index contributed by atoms with van der Waals surface area (Å²) in [5, 5.41) is 5.58. The minimum atomic E-state index is -0.538. The zero-order chi connectivity index (χ0) is 34.9. The van der Waals surface area contributed by atoms with Crippen molar-refractivity contribution < 1.29 is 4.42 Å². The van der Waals surface area contributed by atoms with Crippen LogP contribution in [0.25, 0.3) is 54.9 Å². The highest BCUT2D eigenvalue weighted by Crippen LogP contribution is 2.58. The number of nitrogens with zero attached hydrogens (tertiary/aromatic N) is 2. The molecule has 0 spiro atoms. The molecular weight excluding hydrogens is 645 g/mol. The Hall–Kier alpha value is -6.97. The largest absolute Gasteiger partial charge is 0.454 e. The molecule has 0 fully saturated rings. The molecule has 1 aliphatic rings. The molecule has 8 aromatic carbocycles. The third kappa shape index (κ3) is 4.19. The Morgan fingerprint density at radius 1 is 0.415 bits per heavy atom. The predicted molar refractivity (Wildman–Crippen MR) is 219 cm³/mol. The Labute approximate surface area is 307 Å². The Morgan fingerprint density at radius 2 is 0.962 bits per heavy atom. The van der Waals surface area contributed by atoms with Gasteiger partial charge in [0.2, 0.25) is 0 Å². The molecular formula is C50H32N2O. The zero-order valence-corrected chi connectivity index (χ0v) is 28.8. The number of hydrogen-bond donors (Lipinski definition) is 0. The van der Waals surface area contributed by atoms with E-state index in [1.54, 1.807) is 0 Å². The van der Waals surface area contributed by atoms with Crippen LogP contribution in [0, 0.1) is 0 Å². The topological polar surface area (TPSA) is 29.3 Å². The third-order valence-corrected chi connectivity index (χ3v) is 11.1. The third-order valence-electron chi connectivity index (χ3n) is 11.1. The Kier molecular flexibility index (Phi) is 6.47. The van der Waals surface area contributed by atoms with Gasteiger partial charge in [0.1, 0.15) is 5.58 Å². The van der Waals surface area contributed by atoms with Crippen LogP contribution in [0.5, 0.6) is 0 Å². The van der Waals surface area contributed by atoms with Gasteiger partial charge in [0.15, 0.2) is 5.58 Å². The van der Waals surface area contributed by atoms with Crippen molar-refractivity contribution >= 4 is 60.7 Å². The maximum Gasteiger partial charge on any atom is 0.159 e. The lowest BCUT2D eigenvalue weighted by Gasteiger charge is -2.46. The molecule has 0 unspecified atom stereocenters. The second-order valence-electron chi connectivity index (χ2n) is 13.8. The molecule has 0 radical (unpaired) electrons. The number of para-hydroxylation sites is 4. The summed E-state index contributed by atoms with van der Waals surface area (Å²) in [6, 6.07) is 69.5. The van der Waals surface area contributed by atoms with Gasteiger partial charge in [-0.25, -0.2) is 4.98 Å². The molecule has 10 aromatic rings. The molecule has 0 aliphatic carbocycles. The van der Waals surface area contributed by atoms with E-state index in [2.05, 4.69) is 199 Å². The zero-order valence-electron chi connectivity index (χ0n) is 28.8. The normalized spacial score (nSPS) is 13.4. The first-order valence-corrected chi connectivity index (χ1v) is 18.1. The van der Waals surface area contributed by atoms with Gasteiger partial charge in [-0.1, -0.05) is 158 Å². The summed E-state index contributed by atoms with van der Waals surface area (Å²) in [6.07, 6.45) is 0. The second-order valence-corrected chi connectivity index (χ2v) is 13.8. The average molecular weight is 677 g/mol. The smallest absolute Gasteiger partial charge is 0.159 e. The van der Waals surface area contributed by atoms with E-state index >= 15 is 0 Å². The van der Waals surface area contributed by atoms with E-state index in [0.717, 1.165) is 71.9 Å². The van der Waals surface area contributed by atoms with E-state index in [-0.39, 0.29) is 0 Å². The Morgan fingerprint density at radius 3 is 1.64 bits per heavy atom. The fraction of sp³-hybridized carbons (Fsp3) is 0.0200. The summed E-state index contributed by atoms with van der Waals surface area (Å²) in [5.41, 5.74) is 12.4. The first-order valence-electron chi connectivity index (χ1n) is 18.1. The fourth-order valence-electron chi connectivity index (χ4n) is 8.98. The summed E-state index contributed by atoms with van der Waals surface area (Å²) < 4.78 is 7.03. The van der Waals surface area contributed by atoms with Crippen molar-refractivity contribution in [2.75, 3.05) is 4.90 Å². The monoisotopic (exact) mass is 676 g/mol. The molecule has 53 heavy (non-hydrogen) atoms. The molecule has 3 nitrogen and oxygen atoms in total. The van der Waals surface area contributed by atoms with Crippen molar-refractivity contribution in [3.63, 3.8) is 0 Å². The highest BCUT2D eigenvalue weighted by Gasteiger charge is 2.46. The van der Waals surface area contributed by atoms with E-state index in [1.165, 1.54) is 22.3 Å². The van der Waals surface area contributed by atoms with Crippen molar-refractivity contribution in [3.8, 4) is 11.3 Å². The van der Waals surface area contributed by atoms with Crippen LogP contribution in [0.1, 0.15) is 22.3 Å². The summed E-state index contributed by atoms with van der Waals surface area (Å²) in [4.78, 5) is 7.62. The van der Waals surface area contributed by atoms with Crippen molar-refractivity contribution in [2.24, 2.45) is 0 Å². The van der Waals surface area contributed by atoms with E-state index in [1.807, 2.05) is 0 Å². The molecule has 3 heteroatoms. The lowest BCUT2D eigenvalue weighted by atomic mass is 9.62. The molecule has 11 rings (SSSR count). The number of aromatic nitrogens is 1. The van der Waals surface area contributed by atoms with Crippen LogP contribution < -0.4 is 4.90 Å². The molecule has 2 aromatic heterocycles. The molecule has 0 amide bonds. The van der Waals surface area contributed by atoms with Crippen molar-refractivity contribution in [1.82, 2.24) is 4.98 Å². The molecule has 0 saturated carbocycles. The van der Waals surface area contributed by atoms with Gasteiger partial charge in [0.05, 0.1) is 33.7 Å². The molecule has 0 N–H and O–H groups in total. The van der Waals surface area contributed by atoms with Crippen molar-refractivity contribution in [3.05, 3.63) is 216 Å². The second kappa shape index (κ2) is 11.5. The first-order chi connectivity index (χ1) is 26.3. The van der Waals surface area contributed by atoms with Crippen LogP contribution in [0.3, 0.4) is 0 Å². The number of fused-ring (bicyclic) bond motifs is 9. The van der Waals surface area contributed by atoms with Crippen LogP contribution in [0.2, 0.25) is 0 Å². The number of furan rings is 1. The first kappa shape index (κ1) is 29.7. The Balaban J connectivity index is 1.23. The van der Waals surface area contributed by atoms with Crippen molar-refractivity contribution in [2.45, 2.75) is 5.41 Å². The van der Waals surface area contributed by atoms with Crippen LogP contribution in [-0.4, -0.2) is 4.98 Å². The summed E-state index contributed by atoms with van der Waals surface area (Å²) >= 11 is 0. The lowest BCUT2D eigenvalue weighted by molar-refractivity contribution is 0.668. The van der Waals surface area contributed by atoms with Gasteiger partial charge in [0.25, 0.3) is 0 Å². The van der Waals surface area contributed by atoms with E-state index < -0.39 is 5.41 Å². The summed E-state index contributed by atoms with van der Waals surface area (Å²) in [7, 11) is 0. The van der Waals surface area contributed by atoms with Crippen LogP contribution in [-0.2, 0) is 5.41 Å². The van der Waals surface area contributed by atoms with Gasteiger partial charge in [0, 0.05) is 32.5 Å². The van der Waals surface area contributed by atoms with Crippen molar-refractivity contribution in [1.29, 1.82) is 0 Å². The number of hydrogen-bond acceptors (Lipinski definition) is 3. The molecule has 0 atom stereocenters. The van der Waals surface area contributed by atoms with Gasteiger partial charge < -0.3 is 9.32 Å². The standard InChI is InChI=1S/C50H32N2O/c1-4-17-33(18-5-1)48-37-31-32-45-47(46(37)36-23-10-13-27-41(36)51-48)38-24-16-30-44(49(38)53-45)52-42-28-14-11-25-39(42)50(34-19-6-2-7-20-34,35-21-8-3-9-22-35)40-26-12-15-29-43(40)52/h1-32H. The SMILES string of the molecule is c1ccc(-c2nc3ccccc3c3c2ccc2oc4c(N5c6ccccc6C(c6ccccc6)(c6ccccc6)c6ccccc65)cccc4c23)cc1. The maximum absolute atomic E-state index is 7.03. The lowest BCUT2D eigenvalue weighted by Crippen LogP contribution is -2.37. The van der Waals surface area contributed by atoms with Gasteiger partial charge in [-0.3, -0.25) is 0 Å². The van der Waals surface area contributed by atoms with Crippen LogP contribution in [0.4, 0.5) is 17.1 Å². The minimum Gasteiger partial charge on any atom is -0.454 e. The van der Waals surface area contributed by atoms with E-state index in [9.17, 15) is 0 Å². The van der Waals surface area contributed by atoms with Gasteiger partial charge in [-0.15, -0.1) is 0 Å². The summed E-state index contributed by atoms with van der Waals surface area (Å²) in [5.74, 6) is 0.